The molecule has 8 heteroatoms. The first kappa shape index (κ1) is 14.9. The van der Waals surface area contributed by atoms with Crippen LogP contribution < -0.4 is 5.32 Å². The molecule has 0 spiro atoms. The fourth-order valence-electron chi connectivity index (χ4n) is 1.69. The summed E-state index contributed by atoms with van der Waals surface area (Å²) in [6.45, 7) is 5.15. The first-order valence-electron chi connectivity index (χ1n) is 5.65. The molecule has 1 N–H and O–H groups in total. The molecule has 7 nitrogen and oxygen atoms in total. The van der Waals surface area contributed by atoms with Crippen LogP contribution in [0.15, 0.2) is 5.18 Å². The molecule has 1 fully saturated rings. The van der Waals surface area contributed by atoms with Crippen molar-refractivity contribution in [2.45, 2.75) is 44.9 Å². The average Bonchev–Trinajstić information content (AvgIpc) is 2.17. The molecule has 2 unspecified atom stereocenters. The van der Waals surface area contributed by atoms with Crippen LogP contribution in [0.2, 0.25) is 0 Å². The summed E-state index contributed by atoms with van der Waals surface area (Å²) in [7, 11) is -3.23. The van der Waals surface area contributed by atoms with Crippen LogP contribution in [-0.4, -0.2) is 43.7 Å². The lowest BCUT2D eigenvalue weighted by Crippen LogP contribution is -2.50. The lowest BCUT2D eigenvalue weighted by Gasteiger charge is -2.28. The average molecular weight is 278 g/mol. The number of rotatable bonds is 2. The maximum atomic E-state index is 11.5. The van der Waals surface area contributed by atoms with Gasteiger partial charge in [-0.05, 0) is 27.2 Å². The number of sulfone groups is 1. The van der Waals surface area contributed by atoms with Crippen molar-refractivity contribution in [3.63, 3.8) is 0 Å². The molecule has 18 heavy (non-hydrogen) atoms. The Bertz CT molecular complexity index is 426. The highest BCUT2D eigenvalue weighted by atomic mass is 32.2. The van der Waals surface area contributed by atoms with Gasteiger partial charge >= 0.3 is 6.09 Å². The number of nitroso groups, excluding NO2 is 1. The molecule has 1 heterocycles. The maximum Gasteiger partial charge on any atom is 0.407 e. The van der Waals surface area contributed by atoms with Crippen LogP contribution in [0.25, 0.3) is 0 Å². The molecule has 0 radical (unpaired) electrons. The third-order valence-electron chi connectivity index (χ3n) is 2.47. The van der Waals surface area contributed by atoms with Gasteiger partial charge in [0.05, 0.1) is 17.5 Å². The predicted molar refractivity (Wildman–Crippen MR) is 66.0 cm³/mol. The number of hydrogen-bond acceptors (Lipinski definition) is 6. The van der Waals surface area contributed by atoms with Gasteiger partial charge < -0.3 is 10.1 Å². The van der Waals surface area contributed by atoms with Crippen molar-refractivity contribution >= 4 is 15.9 Å². The van der Waals surface area contributed by atoms with Crippen molar-refractivity contribution in [3.05, 3.63) is 4.91 Å². The smallest absolute Gasteiger partial charge is 0.407 e. The monoisotopic (exact) mass is 278 g/mol. The largest absolute Gasteiger partial charge is 0.444 e. The van der Waals surface area contributed by atoms with E-state index >= 15 is 0 Å². The van der Waals surface area contributed by atoms with Gasteiger partial charge in [-0.15, -0.1) is 0 Å². The lowest BCUT2D eigenvalue weighted by molar-refractivity contribution is 0.0496. The van der Waals surface area contributed by atoms with Crippen molar-refractivity contribution in [1.82, 2.24) is 5.32 Å². The summed E-state index contributed by atoms with van der Waals surface area (Å²) in [6.07, 6.45) is -0.488. The fourth-order valence-corrected chi connectivity index (χ4v) is 3.28. The van der Waals surface area contributed by atoms with Crippen LogP contribution >= 0.6 is 0 Å². The summed E-state index contributed by atoms with van der Waals surface area (Å²) in [6, 6.07) is -1.53. The van der Waals surface area contributed by atoms with Crippen LogP contribution in [-0.2, 0) is 14.6 Å². The molecule has 0 aromatic rings. The molecule has 1 aliphatic rings. The Morgan fingerprint density at radius 3 is 2.50 bits per heavy atom. The van der Waals surface area contributed by atoms with Gasteiger partial charge in [-0.3, -0.25) is 0 Å². The van der Waals surface area contributed by atoms with Gasteiger partial charge in [0, 0.05) is 0 Å². The fraction of sp³-hybridized carbons (Fsp3) is 0.900. The normalized spacial score (nSPS) is 27.3. The molecular weight excluding hydrogens is 260 g/mol. The van der Waals surface area contributed by atoms with Crippen molar-refractivity contribution in [2.24, 2.45) is 5.18 Å². The zero-order valence-electron chi connectivity index (χ0n) is 10.7. The first-order chi connectivity index (χ1) is 8.13. The standard InChI is InChI=1S/C10H18N2O5S/c1-10(2,3)17-9(13)11-7-4-5-18(15,16)6-8(7)12-14/h7-8H,4-6H2,1-3H3,(H,11,13). The van der Waals surface area contributed by atoms with E-state index in [0.717, 1.165) is 0 Å². The van der Waals surface area contributed by atoms with Crippen LogP contribution in [0.3, 0.4) is 0 Å². The molecule has 1 rings (SSSR count). The number of amides is 1. The highest BCUT2D eigenvalue weighted by Crippen LogP contribution is 2.17. The van der Waals surface area contributed by atoms with E-state index in [2.05, 4.69) is 10.5 Å². The number of alkyl carbamates (subject to hydrolysis) is 1. The second-order valence-corrected chi connectivity index (χ2v) is 7.56. The van der Waals surface area contributed by atoms with E-state index in [0.29, 0.717) is 0 Å². The number of carbonyl (C=O) groups is 1. The van der Waals surface area contributed by atoms with Gasteiger partial charge in [0.2, 0.25) is 0 Å². The molecule has 0 bridgehead atoms. The minimum Gasteiger partial charge on any atom is -0.444 e. The Balaban J connectivity index is 2.62. The minimum absolute atomic E-state index is 0.0561. The molecule has 1 saturated heterocycles. The van der Waals surface area contributed by atoms with E-state index in [1.807, 2.05) is 0 Å². The predicted octanol–water partition coefficient (Wildman–Crippen LogP) is 0.833. The van der Waals surface area contributed by atoms with Gasteiger partial charge in [0.1, 0.15) is 11.6 Å². The van der Waals surface area contributed by atoms with Crippen molar-refractivity contribution in [3.8, 4) is 0 Å². The Morgan fingerprint density at radius 1 is 1.39 bits per heavy atom. The molecule has 0 saturated carbocycles. The van der Waals surface area contributed by atoms with E-state index < -0.39 is 33.6 Å². The molecule has 0 aliphatic carbocycles. The highest BCUT2D eigenvalue weighted by molar-refractivity contribution is 7.91. The topological polar surface area (TPSA) is 102 Å². The van der Waals surface area contributed by atoms with E-state index in [9.17, 15) is 18.1 Å². The van der Waals surface area contributed by atoms with E-state index in [4.69, 9.17) is 4.74 Å². The Kier molecular flexibility index (Phi) is 4.31. The summed E-state index contributed by atoms with van der Waals surface area (Å²) < 4.78 is 27.7. The third kappa shape index (κ3) is 4.59. The summed E-state index contributed by atoms with van der Waals surface area (Å²) in [5, 5.41) is 5.27. The van der Waals surface area contributed by atoms with E-state index in [1.54, 1.807) is 20.8 Å². The zero-order chi connectivity index (χ0) is 14.0. The summed E-state index contributed by atoms with van der Waals surface area (Å²) >= 11 is 0. The van der Waals surface area contributed by atoms with Gasteiger partial charge in [-0.2, -0.15) is 4.91 Å². The Labute approximate surface area is 106 Å². The Morgan fingerprint density at radius 2 is 2.00 bits per heavy atom. The number of nitrogens with zero attached hydrogens (tertiary/aromatic N) is 1. The third-order valence-corrected chi connectivity index (χ3v) is 4.17. The van der Waals surface area contributed by atoms with Gasteiger partial charge in [0.25, 0.3) is 0 Å². The van der Waals surface area contributed by atoms with E-state index in [-0.39, 0.29) is 17.9 Å². The van der Waals surface area contributed by atoms with Gasteiger partial charge in [0.15, 0.2) is 9.84 Å². The molecule has 1 amide bonds. The van der Waals surface area contributed by atoms with Crippen molar-refractivity contribution in [2.75, 3.05) is 11.5 Å². The number of nitrogens with one attached hydrogen (secondary N) is 1. The zero-order valence-corrected chi connectivity index (χ0v) is 11.5. The van der Waals surface area contributed by atoms with Crippen LogP contribution in [0.5, 0.6) is 0 Å². The highest BCUT2D eigenvalue weighted by Gasteiger charge is 2.35. The number of carbonyl (C=O) groups excluding carboxylic acids is 1. The second-order valence-electron chi connectivity index (χ2n) is 5.33. The minimum atomic E-state index is -3.23. The quantitative estimate of drug-likeness (QED) is 0.754. The first-order valence-corrected chi connectivity index (χ1v) is 7.47. The van der Waals surface area contributed by atoms with E-state index in [1.165, 1.54) is 0 Å². The number of ether oxygens (including phenoxy) is 1. The summed E-state index contributed by atoms with van der Waals surface area (Å²) in [5.74, 6) is -0.379. The van der Waals surface area contributed by atoms with Crippen LogP contribution in [0.4, 0.5) is 4.79 Å². The Hall–Kier alpha value is -1.18. The summed E-state index contributed by atoms with van der Waals surface area (Å²) in [4.78, 5) is 22.1. The maximum absolute atomic E-state index is 11.5. The molecule has 104 valence electrons. The molecule has 0 aromatic heterocycles. The second kappa shape index (κ2) is 5.21. The molecule has 1 aliphatic heterocycles. The molecule has 2 atom stereocenters. The van der Waals surface area contributed by atoms with Gasteiger partial charge in [-0.25, -0.2) is 13.2 Å². The van der Waals surface area contributed by atoms with Crippen LogP contribution in [0, 0.1) is 4.91 Å². The molecule has 0 aromatic carbocycles. The van der Waals surface area contributed by atoms with Crippen molar-refractivity contribution in [1.29, 1.82) is 0 Å². The van der Waals surface area contributed by atoms with Crippen LogP contribution in [0.1, 0.15) is 27.2 Å². The number of hydrogen-bond donors (Lipinski definition) is 1. The lowest BCUT2D eigenvalue weighted by atomic mass is 10.1. The van der Waals surface area contributed by atoms with Crippen molar-refractivity contribution < 1.29 is 17.9 Å². The summed E-state index contributed by atoms with van der Waals surface area (Å²) in [5.41, 5.74) is -0.644. The SMILES string of the molecule is CC(C)(C)OC(=O)NC1CCS(=O)(=O)CC1N=O. The van der Waals surface area contributed by atoms with Gasteiger partial charge in [-0.1, -0.05) is 5.18 Å². The molecular formula is C10H18N2O5S.